The topological polar surface area (TPSA) is 66.9 Å². The molecule has 0 radical (unpaired) electrons. The van der Waals surface area contributed by atoms with Gasteiger partial charge in [0.1, 0.15) is 5.69 Å². The fourth-order valence-electron chi connectivity index (χ4n) is 2.99. The van der Waals surface area contributed by atoms with Gasteiger partial charge in [0.2, 0.25) is 5.95 Å². The second kappa shape index (κ2) is 7.99. The van der Waals surface area contributed by atoms with Gasteiger partial charge in [-0.3, -0.25) is 4.79 Å². The molecule has 0 bridgehead atoms. The van der Waals surface area contributed by atoms with Gasteiger partial charge in [-0.05, 0) is 68.1 Å². The van der Waals surface area contributed by atoms with Gasteiger partial charge in [-0.15, -0.1) is 0 Å². The van der Waals surface area contributed by atoms with Crippen molar-refractivity contribution < 1.29 is 4.79 Å². The van der Waals surface area contributed by atoms with E-state index in [1.165, 1.54) is 11.1 Å². The van der Waals surface area contributed by atoms with Crippen molar-refractivity contribution in [3.05, 3.63) is 82.2 Å². The van der Waals surface area contributed by atoms with E-state index in [0.717, 1.165) is 22.5 Å². The third-order valence-corrected chi connectivity index (χ3v) is 4.26. The Morgan fingerprint density at radius 1 is 0.926 bits per heavy atom. The van der Waals surface area contributed by atoms with E-state index >= 15 is 0 Å². The van der Waals surface area contributed by atoms with E-state index in [0.29, 0.717) is 18.2 Å². The molecule has 0 aliphatic rings. The van der Waals surface area contributed by atoms with Gasteiger partial charge in [0.05, 0.1) is 0 Å². The summed E-state index contributed by atoms with van der Waals surface area (Å²) in [5.41, 5.74) is 6.42. The van der Waals surface area contributed by atoms with Crippen molar-refractivity contribution in [2.45, 2.75) is 34.2 Å². The maximum Gasteiger partial charge on any atom is 0.274 e. The third-order valence-electron chi connectivity index (χ3n) is 4.26. The van der Waals surface area contributed by atoms with Gasteiger partial charge >= 0.3 is 0 Å². The van der Waals surface area contributed by atoms with Crippen LogP contribution in [0.1, 0.15) is 38.4 Å². The van der Waals surface area contributed by atoms with Gasteiger partial charge < -0.3 is 10.6 Å². The van der Waals surface area contributed by atoms with E-state index in [1.54, 1.807) is 6.07 Å². The first-order chi connectivity index (χ1) is 12.9. The van der Waals surface area contributed by atoms with Crippen molar-refractivity contribution in [1.82, 2.24) is 9.97 Å². The number of nitrogens with zero attached hydrogens (tertiary/aromatic N) is 2. The number of aryl methyl sites for hydroxylation is 4. The van der Waals surface area contributed by atoms with Crippen LogP contribution in [0.25, 0.3) is 0 Å². The summed E-state index contributed by atoms with van der Waals surface area (Å²) in [6.45, 7) is 8.54. The Morgan fingerprint density at radius 2 is 1.63 bits per heavy atom. The zero-order valence-electron chi connectivity index (χ0n) is 16.1. The van der Waals surface area contributed by atoms with Crippen LogP contribution in [-0.2, 0) is 6.54 Å². The Kier molecular flexibility index (Phi) is 5.50. The van der Waals surface area contributed by atoms with Crippen LogP contribution >= 0.6 is 0 Å². The smallest absolute Gasteiger partial charge is 0.274 e. The number of amides is 1. The molecule has 1 amide bonds. The van der Waals surface area contributed by atoms with Gasteiger partial charge in [-0.25, -0.2) is 9.97 Å². The molecule has 3 rings (SSSR count). The molecule has 0 spiro atoms. The lowest BCUT2D eigenvalue weighted by atomic mass is 10.1. The largest absolute Gasteiger partial charge is 0.350 e. The first kappa shape index (κ1) is 18.6. The highest BCUT2D eigenvalue weighted by Crippen LogP contribution is 2.16. The van der Waals surface area contributed by atoms with Crippen molar-refractivity contribution >= 4 is 17.5 Å². The molecule has 2 aromatic carbocycles. The number of nitrogens with one attached hydrogen (secondary N) is 2. The van der Waals surface area contributed by atoms with Crippen molar-refractivity contribution in [2.24, 2.45) is 0 Å². The molecular weight excluding hydrogens is 336 g/mol. The number of hydrogen-bond acceptors (Lipinski definition) is 4. The summed E-state index contributed by atoms with van der Waals surface area (Å²) in [6, 6.07) is 15.8. The number of carbonyl (C=O) groups excluding carboxylic acids is 1. The molecule has 1 aromatic heterocycles. The Morgan fingerprint density at radius 3 is 2.33 bits per heavy atom. The Bertz CT molecular complexity index is 962. The van der Waals surface area contributed by atoms with Gasteiger partial charge in [0.15, 0.2) is 0 Å². The summed E-state index contributed by atoms with van der Waals surface area (Å²) >= 11 is 0. The van der Waals surface area contributed by atoms with E-state index in [2.05, 4.69) is 45.7 Å². The summed E-state index contributed by atoms with van der Waals surface area (Å²) < 4.78 is 0. The lowest BCUT2D eigenvalue weighted by molar-refractivity contribution is 0.102. The van der Waals surface area contributed by atoms with Gasteiger partial charge in [0.25, 0.3) is 5.91 Å². The normalized spacial score (nSPS) is 10.5. The van der Waals surface area contributed by atoms with Crippen LogP contribution in [-0.4, -0.2) is 15.9 Å². The van der Waals surface area contributed by atoms with Crippen LogP contribution in [0.5, 0.6) is 0 Å². The van der Waals surface area contributed by atoms with Crippen LogP contribution in [0.2, 0.25) is 0 Å². The number of hydrogen-bond donors (Lipinski definition) is 2. The molecule has 0 atom stereocenters. The zero-order chi connectivity index (χ0) is 19.4. The lowest BCUT2D eigenvalue weighted by Gasteiger charge is -2.11. The predicted molar refractivity (Wildman–Crippen MR) is 109 cm³/mol. The second-order valence-corrected chi connectivity index (χ2v) is 6.83. The third kappa shape index (κ3) is 4.91. The summed E-state index contributed by atoms with van der Waals surface area (Å²) in [5.74, 6) is 0.202. The fraction of sp³-hybridized carbons (Fsp3) is 0.227. The Labute approximate surface area is 159 Å². The van der Waals surface area contributed by atoms with Crippen molar-refractivity contribution in [3.8, 4) is 0 Å². The Balaban J connectivity index is 1.76. The summed E-state index contributed by atoms with van der Waals surface area (Å²) in [5, 5.41) is 6.14. The lowest BCUT2D eigenvalue weighted by Crippen LogP contribution is -2.16. The molecule has 2 N–H and O–H groups in total. The highest BCUT2D eigenvalue weighted by atomic mass is 16.1. The zero-order valence-corrected chi connectivity index (χ0v) is 16.1. The van der Waals surface area contributed by atoms with Crippen LogP contribution in [0.4, 0.5) is 11.6 Å². The standard InChI is InChI=1S/C22H24N4O/c1-14-9-15(2)11-19(10-14)25-21(27)20-12-17(4)24-22(26-20)23-13-18-8-6-5-7-16(18)3/h5-12H,13H2,1-4H3,(H,25,27)(H,23,24,26). The average molecular weight is 360 g/mol. The molecule has 0 aliphatic carbocycles. The minimum absolute atomic E-state index is 0.246. The van der Waals surface area contributed by atoms with Crippen molar-refractivity contribution in [1.29, 1.82) is 0 Å². The molecule has 27 heavy (non-hydrogen) atoms. The van der Waals surface area contributed by atoms with E-state index < -0.39 is 0 Å². The summed E-state index contributed by atoms with van der Waals surface area (Å²) in [6.07, 6.45) is 0. The number of benzene rings is 2. The minimum atomic E-state index is -0.246. The number of aromatic nitrogens is 2. The molecule has 3 aromatic rings. The SMILES string of the molecule is Cc1cc(C)cc(NC(=O)c2cc(C)nc(NCc3ccccc3C)n2)c1. The molecule has 0 unspecified atom stereocenters. The first-order valence-corrected chi connectivity index (χ1v) is 8.94. The van der Waals surface area contributed by atoms with Gasteiger partial charge in [-0.1, -0.05) is 30.3 Å². The Hall–Kier alpha value is -3.21. The molecule has 0 fully saturated rings. The maximum atomic E-state index is 12.6. The predicted octanol–water partition coefficient (Wildman–Crippen LogP) is 4.57. The molecule has 5 nitrogen and oxygen atoms in total. The summed E-state index contributed by atoms with van der Waals surface area (Å²) in [7, 11) is 0. The highest BCUT2D eigenvalue weighted by molar-refractivity contribution is 6.03. The van der Waals surface area contributed by atoms with E-state index in [-0.39, 0.29) is 5.91 Å². The maximum absolute atomic E-state index is 12.6. The summed E-state index contributed by atoms with van der Waals surface area (Å²) in [4.78, 5) is 21.4. The number of anilines is 2. The van der Waals surface area contributed by atoms with E-state index in [9.17, 15) is 4.79 Å². The van der Waals surface area contributed by atoms with Crippen LogP contribution in [0.3, 0.4) is 0 Å². The average Bonchev–Trinajstić information content (AvgIpc) is 2.59. The number of rotatable bonds is 5. The van der Waals surface area contributed by atoms with E-state index in [1.807, 2.05) is 45.0 Å². The van der Waals surface area contributed by atoms with Crippen LogP contribution in [0.15, 0.2) is 48.5 Å². The molecule has 1 heterocycles. The number of carbonyl (C=O) groups is 1. The molecule has 5 heteroatoms. The minimum Gasteiger partial charge on any atom is -0.350 e. The molecule has 0 saturated carbocycles. The monoisotopic (exact) mass is 360 g/mol. The van der Waals surface area contributed by atoms with E-state index in [4.69, 9.17) is 0 Å². The van der Waals surface area contributed by atoms with Gasteiger partial charge in [0, 0.05) is 17.9 Å². The fourth-order valence-corrected chi connectivity index (χ4v) is 2.99. The second-order valence-electron chi connectivity index (χ2n) is 6.83. The molecule has 0 saturated heterocycles. The molecule has 0 aliphatic heterocycles. The quantitative estimate of drug-likeness (QED) is 0.699. The van der Waals surface area contributed by atoms with Gasteiger partial charge in [-0.2, -0.15) is 0 Å². The van der Waals surface area contributed by atoms with Crippen molar-refractivity contribution in [2.75, 3.05) is 10.6 Å². The first-order valence-electron chi connectivity index (χ1n) is 8.94. The van der Waals surface area contributed by atoms with Crippen LogP contribution in [0, 0.1) is 27.7 Å². The molecule has 138 valence electrons. The van der Waals surface area contributed by atoms with Crippen molar-refractivity contribution in [3.63, 3.8) is 0 Å². The molecular formula is C22H24N4O. The highest BCUT2D eigenvalue weighted by Gasteiger charge is 2.12. The van der Waals surface area contributed by atoms with Crippen LogP contribution < -0.4 is 10.6 Å².